The lowest BCUT2D eigenvalue weighted by Crippen LogP contribution is -2.32. The van der Waals surface area contributed by atoms with Crippen molar-refractivity contribution in [3.8, 4) is 5.75 Å². The van der Waals surface area contributed by atoms with Crippen LogP contribution in [0.5, 0.6) is 5.75 Å². The van der Waals surface area contributed by atoms with Crippen LogP contribution in [-0.2, 0) is 17.8 Å². The number of rotatable bonds is 3. The summed E-state index contributed by atoms with van der Waals surface area (Å²) in [6.07, 6.45) is -0.102. The minimum Gasteiger partial charge on any atom is -0.410 e. The maximum atomic E-state index is 12.1. The molecule has 3 rings (SSSR count). The summed E-state index contributed by atoms with van der Waals surface area (Å²) in [7, 11) is 0. The fraction of sp³-hybridized carbons (Fsp3) is 0.294. The molecule has 1 aromatic heterocycles. The number of hydrogen-bond acceptors (Lipinski definition) is 5. The molecule has 126 valence electrons. The standard InChI is InChI=1S/C17H18N2O4S/c1-17(2)8-11-12(9-22-17)24-15(13(11)14(18)20)19-16(21)23-10-6-4-3-5-7-10/h3-7H,8-9H2,1-2H3,(H2,18,20)(H,19,21). The Labute approximate surface area is 143 Å². The number of benzene rings is 1. The van der Waals surface area contributed by atoms with Crippen LogP contribution in [0.3, 0.4) is 0 Å². The lowest BCUT2D eigenvalue weighted by molar-refractivity contribution is -0.0383. The Morgan fingerprint density at radius 2 is 2.00 bits per heavy atom. The highest BCUT2D eigenvalue weighted by Crippen LogP contribution is 2.40. The normalized spacial score (nSPS) is 15.4. The highest BCUT2D eigenvalue weighted by Gasteiger charge is 2.33. The second-order valence-electron chi connectivity index (χ2n) is 6.12. The van der Waals surface area contributed by atoms with Crippen molar-refractivity contribution < 1.29 is 19.1 Å². The maximum absolute atomic E-state index is 12.1. The van der Waals surface area contributed by atoms with Crippen LogP contribution in [0.15, 0.2) is 30.3 Å². The number of anilines is 1. The number of primary amides is 1. The summed E-state index contributed by atoms with van der Waals surface area (Å²) in [4.78, 5) is 24.9. The number of fused-ring (bicyclic) bond motifs is 1. The minimum absolute atomic E-state index is 0.344. The van der Waals surface area contributed by atoms with Gasteiger partial charge in [0, 0.05) is 11.3 Å². The fourth-order valence-corrected chi connectivity index (χ4v) is 3.74. The van der Waals surface area contributed by atoms with Crippen molar-refractivity contribution in [3.05, 3.63) is 46.3 Å². The van der Waals surface area contributed by atoms with E-state index in [4.69, 9.17) is 15.2 Å². The van der Waals surface area contributed by atoms with Crippen LogP contribution >= 0.6 is 11.3 Å². The van der Waals surface area contributed by atoms with Crippen molar-refractivity contribution in [2.45, 2.75) is 32.5 Å². The predicted molar refractivity (Wildman–Crippen MR) is 91.5 cm³/mol. The summed E-state index contributed by atoms with van der Waals surface area (Å²) >= 11 is 1.29. The Hall–Kier alpha value is -2.38. The van der Waals surface area contributed by atoms with Crippen LogP contribution in [0.4, 0.5) is 9.80 Å². The summed E-state index contributed by atoms with van der Waals surface area (Å²) in [5, 5.41) is 3.02. The van der Waals surface area contributed by atoms with E-state index in [1.807, 2.05) is 19.9 Å². The summed E-state index contributed by atoms with van der Waals surface area (Å²) in [5.74, 6) is -0.151. The molecule has 2 aromatic rings. The first-order valence-electron chi connectivity index (χ1n) is 7.48. The van der Waals surface area contributed by atoms with E-state index in [1.54, 1.807) is 24.3 Å². The third kappa shape index (κ3) is 3.42. The predicted octanol–water partition coefficient (Wildman–Crippen LogP) is 3.31. The van der Waals surface area contributed by atoms with E-state index in [0.29, 0.717) is 29.3 Å². The average molecular weight is 346 g/mol. The Kier molecular flexibility index (Phi) is 4.29. The molecule has 24 heavy (non-hydrogen) atoms. The van der Waals surface area contributed by atoms with Gasteiger partial charge in [0.2, 0.25) is 0 Å². The monoisotopic (exact) mass is 346 g/mol. The van der Waals surface area contributed by atoms with E-state index < -0.39 is 12.0 Å². The summed E-state index contributed by atoms with van der Waals surface area (Å²) in [5.41, 5.74) is 6.35. The smallest absolute Gasteiger partial charge is 0.410 e. The van der Waals surface area contributed by atoms with Gasteiger partial charge in [-0.1, -0.05) is 18.2 Å². The second-order valence-corrected chi connectivity index (χ2v) is 7.23. The van der Waals surface area contributed by atoms with Crippen LogP contribution in [0, 0.1) is 0 Å². The minimum atomic E-state index is -0.664. The third-order valence-electron chi connectivity index (χ3n) is 3.70. The van der Waals surface area contributed by atoms with Crippen LogP contribution in [0.1, 0.15) is 34.6 Å². The van der Waals surface area contributed by atoms with E-state index in [9.17, 15) is 9.59 Å². The molecule has 7 heteroatoms. The molecule has 0 spiro atoms. The van der Waals surface area contributed by atoms with Gasteiger partial charge in [-0.2, -0.15) is 0 Å². The van der Waals surface area contributed by atoms with E-state index in [1.165, 1.54) is 11.3 Å². The Balaban J connectivity index is 1.85. The Morgan fingerprint density at radius 1 is 1.29 bits per heavy atom. The number of ether oxygens (including phenoxy) is 2. The zero-order valence-corrected chi connectivity index (χ0v) is 14.2. The van der Waals surface area contributed by atoms with Gasteiger partial charge >= 0.3 is 6.09 Å². The molecule has 0 saturated carbocycles. The van der Waals surface area contributed by atoms with Crippen molar-refractivity contribution in [3.63, 3.8) is 0 Å². The van der Waals surface area contributed by atoms with Crippen LogP contribution < -0.4 is 15.8 Å². The number of nitrogens with one attached hydrogen (secondary N) is 1. The molecular formula is C17H18N2O4S. The molecule has 1 aliphatic heterocycles. The van der Waals surface area contributed by atoms with Crippen molar-refractivity contribution >= 4 is 28.3 Å². The quantitative estimate of drug-likeness (QED) is 0.892. The molecule has 0 aliphatic carbocycles. The molecular weight excluding hydrogens is 328 g/mol. The van der Waals surface area contributed by atoms with E-state index >= 15 is 0 Å². The van der Waals surface area contributed by atoms with Gasteiger partial charge in [-0.15, -0.1) is 11.3 Å². The molecule has 1 aromatic carbocycles. The summed E-state index contributed by atoms with van der Waals surface area (Å²) in [6, 6.07) is 8.70. The molecule has 0 atom stereocenters. The molecule has 0 saturated heterocycles. The lowest BCUT2D eigenvalue weighted by Gasteiger charge is -2.30. The molecule has 2 amide bonds. The molecule has 0 bridgehead atoms. The van der Waals surface area contributed by atoms with Crippen molar-refractivity contribution in [2.24, 2.45) is 5.73 Å². The highest BCUT2D eigenvalue weighted by molar-refractivity contribution is 7.17. The zero-order valence-electron chi connectivity index (χ0n) is 13.4. The number of para-hydroxylation sites is 1. The summed E-state index contributed by atoms with van der Waals surface area (Å²) < 4.78 is 11.0. The SMILES string of the molecule is CC1(C)Cc2c(sc(NC(=O)Oc3ccccc3)c2C(N)=O)CO1. The number of carbonyl (C=O) groups is 2. The largest absolute Gasteiger partial charge is 0.417 e. The zero-order chi connectivity index (χ0) is 17.3. The number of amides is 2. The Bertz CT molecular complexity index is 783. The number of hydrogen-bond donors (Lipinski definition) is 2. The van der Waals surface area contributed by atoms with Gasteiger partial charge in [-0.25, -0.2) is 4.79 Å². The van der Waals surface area contributed by atoms with Crippen molar-refractivity contribution in [2.75, 3.05) is 5.32 Å². The van der Waals surface area contributed by atoms with Crippen molar-refractivity contribution in [1.29, 1.82) is 0 Å². The van der Waals surface area contributed by atoms with Gasteiger partial charge in [-0.05, 0) is 31.5 Å². The topological polar surface area (TPSA) is 90.6 Å². The van der Waals surface area contributed by atoms with E-state index in [0.717, 1.165) is 10.4 Å². The molecule has 2 heterocycles. The molecule has 6 nitrogen and oxygen atoms in total. The number of nitrogens with two attached hydrogens (primary N) is 1. The number of carbonyl (C=O) groups excluding carboxylic acids is 2. The molecule has 1 aliphatic rings. The van der Waals surface area contributed by atoms with Crippen LogP contribution in [0.2, 0.25) is 0 Å². The third-order valence-corrected chi connectivity index (χ3v) is 4.82. The van der Waals surface area contributed by atoms with E-state index in [2.05, 4.69) is 5.32 Å². The summed E-state index contributed by atoms with van der Waals surface area (Å²) in [6.45, 7) is 4.30. The fourth-order valence-electron chi connectivity index (χ4n) is 2.62. The van der Waals surface area contributed by atoms with Crippen molar-refractivity contribution in [1.82, 2.24) is 0 Å². The molecule has 0 fully saturated rings. The lowest BCUT2D eigenvalue weighted by atomic mass is 9.93. The molecule has 0 unspecified atom stereocenters. The maximum Gasteiger partial charge on any atom is 0.417 e. The van der Waals surface area contributed by atoms with Gasteiger partial charge in [0.25, 0.3) is 5.91 Å². The van der Waals surface area contributed by atoms with Gasteiger partial charge in [0.15, 0.2) is 0 Å². The Morgan fingerprint density at radius 3 is 2.67 bits per heavy atom. The van der Waals surface area contributed by atoms with Crippen LogP contribution in [-0.4, -0.2) is 17.6 Å². The van der Waals surface area contributed by atoms with Crippen LogP contribution in [0.25, 0.3) is 0 Å². The first-order chi connectivity index (χ1) is 11.4. The molecule has 3 N–H and O–H groups in total. The highest BCUT2D eigenvalue weighted by atomic mass is 32.1. The van der Waals surface area contributed by atoms with Gasteiger partial charge in [0.05, 0.1) is 17.8 Å². The molecule has 0 radical (unpaired) electrons. The first-order valence-corrected chi connectivity index (χ1v) is 8.29. The second kappa shape index (κ2) is 6.26. The number of thiophene rings is 1. The van der Waals surface area contributed by atoms with Gasteiger partial charge < -0.3 is 15.2 Å². The van der Waals surface area contributed by atoms with E-state index in [-0.39, 0.29) is 5.60 Å². The average Bonchev–Trinajstić information content (AvgIpc) is 2.83. The first kappa shape index (κ1) is 16.5. The van der Waals surface area contributed by atoms with Gasteiger partial charge in [-0.3, -0.25) is 10.1 Å². The van der Waals surface area contributed by atoms with Gasteiger partial charge in [0.1, 0.15) is 10.8 Å².